The number of carbonyl (C=O) groups excluding carboxylic acids is 1. The average molecular weight is 595 g/mol. The van der Waals surface area contributed by atoms with Crippen molar-refractivity contribution in [3.05, 3.63) is 90.4 Å². The Morgan fingerprint density at radius 1 is 0.909 bits per heavy atom. The van der Waals surface area contributed by atoms with Crippen LogP contribution < -0.4 is 19.7 Å². The van der Waals surface area contributed by atoms with Gasteiger partial charge in [0.2, 0.25) is 0 Å². The van der Waals surface area contributed by atoms with E-state index < -0.39 is 0 Å². The minimum atomic E-state index is -0.340. The Labute approximate surface area is 257 Å². The molecule has 44 heavy (non-hydrogen) atoms. The molecule has 0 radical (unpaired) electrons. The lowest BCUT2D eigenvalue weighted by atomic mass is 10.1. The van der Waals surface area contributed by atoms with Gasteiger partial charge in [0.1, 0.15) is 11.5 Å². The number of hydrogen-bond acceptors (Lipinski definition) is 9. The number of carbonyl (C=O) groups is 1. The first kappa shape index (κ1) is 30.5. The van der Waals surface area contributed by atoms with Crippen molar-refractivity contribution in [2.75, 3.05) is 39.3 Å². The number of aryl methyl sites for hydroxylation is 2. The van der Waals surface area contributed by atoms with Gasteiger partial charge in [-0.3, -0.25) is 9.67 Å². The zero-order chi connectivity index (χ0) is 31.1. The molecule has 0 saturated heterocycles. The normalized spacial score (nSPS) is 11.1. The maximum atomic E-state index is 11.7. The fourth-order valence-corrected chi connectivity index (χ4v) is 4.91. The molecule has 0 fully saturated rings. The Balaban J connectivity index is 1.38. The van der Waals surface area contributed by atoms with Gasteiger partial charge >= 0.3 is 5.97 Å². The SMILES string of the molecule is COC(=O)c1ccc(CCn2cc(-c3cnc4ccc(N(CCNC(C)C)c5cc(OC)cc(OC)c5)cc4n3)cn2)cc1. The molecule has 0 amide bonds. The van der Waals surface area contributed by atoms with Crippen LogP contribution in [0.2, 0.25) is 0 Å². The van der Waals surface area contributed by atoms with Crippen LogP contribution in [0.1, 0.15) is 29.8 Å². The molecular weight excluding hydrogens is 556 g/mol. The molecule has 1 N–H and O–H groups in total. The Kier molecular flexibility index (Phi) is 9.71. The molecule has 3 aromatic carbocycles. The molecule has 10 nitrogen and oxygen atoms in total. The van der Waals surface area contributed by atoms with Gasteiger partial charge in [-0.1, -0.05) is 26.0 Å². The van der Waals surface area contributed by atoms with Gasteiger partial charge in [-0.15, -0.1) is 0 Å². The van der Waals surface area contributed by atoms with Gasteiger partial charge in [0.25, 0.3) is 0 Å². The summed E-state index contributed by atoms with van der Waals surface area (Å²) in [4.78, 5) is 23.6. The molecule has 0 atom stereocenters. The molecule has 10 heteroatoms. The van der Waals surface area contributed by atoms with Gasteiger partial charge in [-0.25, -0.2) is 9.78 Å². The fraction of sp³-hybridized carbons (Fsp3) is 0.294. The van der Waals surface area contributed by atoms with Crippen LogP contribution >= 0.6 is 0 Å². The number of aromatic nitrogens is 4. The highest BCUT2D eigenvalue weighted by Crippen LogP contribution is 2.34. The Bertz CT molecular complexity index is 1700. The van der Waals surface area contributed by atoms with Crippen molar-refractivity contribution in [2.45, 2.75) is 32.9 Å². The van der Waals surface area contributed by atoms with Crippen molar-refractivity contribution in [1.82, 2.24) is 25.1 Å². The van der Waals surface area contributed by atoms with E-state index in [1.54, 1.807) is 32.5 Å². The third-order valence-electron chi connectivity index (χ3n) is 7.31. The molecule has 0 aliphatic carbocycles. The number of benzene rings is 3. The van der Waals surface area contributed by atoms with Crippen LogP contribution in [-0.4, -0.2) is 66.2 Å². The number of esters is 1. The maximum absolute atomic E-state index is 11.7. The predicted molar refractivity (Wildman–Crippen MR) is 172 cm³/mol. The van der Waals surface area contributed by atoms with Crippen LogP contribution in [0.5, 0.6) is 11.5 Å². The average Bonchev–Trinajstić information content (AvgIpc) is 3.54. The lowest BCUT2D eigenvalue weighted by molar-refractivity contribution is 0.0600. The first-order chi connectivity index (χ1) is 21.4. The maximum Gasteiger partial charge on any atom is 0.337 e. The summed E-state index contributed by atoms with van der Waals surface area (Å²) in [6, 6.07) is 19.8. The molecule has 0 aliphatic rings. The van der Waals surface area contributed by atoms with Gasteiger partial charge in [-0.05, 0) is 42.3 Å². The molecular formula is C34H38N6O4. The summed E-state index contributed by atoms with van der Waals surface area (Å²) in [6.07, 6.45) is 6.35. The van der Waals surface area contributed by atoms with E-state index in [4.69, 9.17) is 24.2 Å². The molecule has 5 aromatic rings. The first-order valence-corrected chi connectivity index (χ1v) is 14.6. The van der Waals surface area contributed by atoms with E-state index in [9.17, 15) is 4.79 Å². The van der Waals surface area contributed by atoms with Crippen molar-refractivity contribution in [3.63, 3.8) is 0 Å². The molecule has 2 aromatic heterocycles. The summed E-state index contributed by atoms with van der Waals surface area (Å²) < 4.78 is 17.8. The van der Waals surface area contributed by atoms with Crippen LogP contribution in [-0.2, 0) is 17.7 Å². The number of anilines is 2. The van der Waals surface area contributed by atoms with E-state index in [0.29, 0.717) is 18.2 Å². The monoisotopic (exact) mass is 594 g/mol. The number of nitrogens with zero attached hydrogens (tertiary/aromatic N) is 5. The molecule has 0 saturated carbocycles. The van der Waals surface area contributed by atoms with Gasteiger partial charge in [-0.2, -0.15) is 5.10 Å². The molecule has 0 spiro atoms. The van der Waals surface area contributed by atoms with E-state index in [1.807, 2.05) is 53.5 Å². The van der Waals surface area contributed by atoms with Gasteiger partial charge in [0, 0.05) is 67.0 Å². The van der Waals surface area contributed by atoms with Crippen molar-refractivity contribution in [1.29, 1.82) is 0 Å². The van der Waals surface area contributed by atoms with Crippen molar-refractivity contribution in [3.8, 4) is 22.8 Å². The second-order valence-electron chi connectivity index (χ2n) is 10.7. The summed E-state index contributed by atoms with van der Waals surface area (Å²) >= 11 is 0. The third-order valence-corrected chi connectivity index (χ3v) is 7.31. The number of rotatable bonds is 13. The smallest absolute Gasteiger partial charge is 0.337 e. The van der Waals surface area contributed by atoms with Crippen molar-refractivity contribution in [2.24, 2.45) is 0 Å². The van der Waals surface area contributed by atoms with Crippen LogP contribution in [0.15, 0.2) is 79.3 Å². The molecule has 5 rings (SSSR count). The standard InChI is InChI=1S/C34H38N6O4/c1-23(2)35-13-15-40(28-16-29(42-3)19-30(17-28)43-4)27-10-11-31-32(18-27)38-33(21-36-31)26-20-37-39(22-26)14-12-24-6-8-25(9-7-24)34(41)44-5/h6-11,16-23,35H,12-15H2,1-5H3. The van der Waals surface area contributed by atoms with Crippen LogP contribution in [0.25, 0.3) is 22.3 Å². The second kappa shape index (κ2) is 14.0. The highest BCUT2D eigenvalue weighted by atomic mass is 16.5. The van der Waals surface area contributed by atoms with Gasteiger partial charge < -0.3 is 24.4 Å². The first-order valence-electron chi connectivity index (χ1n) is 14.6. The van der Waals surface area contributed by atoms with Crippen molar-refractivity contribution < 1.29 is 19.0 Å². The quantitative estimate of drug-likeness (QED) is 0.173. The Morgan fingerprint density at radius 2 is 1.66 bits per heavy atom. The zero-order valence-corrected chi connectivity index (χ0v) is 25.8. The lowest BCUT2D eigenvalue weighted by Crippen LogP contribution is -2.32. The molecule has 0 unspecified atom stereocenters. The third kappa shape index (κ3) is 7.33. The van der Waals surface area contributed by atoms with E-state index >= 15 is 0 Å². The van der Waals surface area contributed by atoms with E-state index in [1.165, 1.54) is 7.11 Å². The molecule has 0 bridgehead atoms. The minimum absolute atomic E-state index is 0.340. The molecule has 228 valence electrons. The number of methoxy groups -OCH3 is 3. The Morgan fingerprint density at radius 3 is 2.34 bits per heavy atom. The van der Waals surface area contributed by atoms with Crippen LogP contribution in [0, 0.1) is 0 Å². The van der Waals surface area contributed by atoms with E-state index in [2.05, 4.69) is 41.3 Å². The zero-order valence-electron chi connectivity index (χ0n) is 25.8. The summed E-state index contributed by atoms with van der Waals surface area (Å²) in [5, 5.41) is 8.06. The van der Waals surface area contributed by atoms with Crippen molar-refractivity contribution >= 4 is 28.4 Å². The number of fused-ring (bicyclic) bond motifs is 1. The summed E-state index contributed by atoms with van der Waals surface area (Å²) in [6.45, 7) is 6.48. The Hall–Kier alpha value is -4.96. The van der Waals surface area contributed by atoms with Crippen LogP contribution in [0.3, 0.4) is 0 Å². The number of ether oxygens (including phenoxy) is 3. The fourth-order valence-electron chi connectivity index (χ4n) is 4.91. The van der Waals surface area contributed by atoms with E-state index in [0.717, 1.165) is 70.2 Å². The largest absolute Gasteiger partial charge is 0.497 e. The summed E-state index contributed by atoms with van der Waals surface area (Å²) in [5.41, 5.74) is 6.82. The van der Waals surface area contributed by atoms with E-state index in [-0.39, 0.29) is 5.97 Å². The highest BCUT2D eigenvalue weighted by Gasteiger charge is 2.15. The molecule has 0 aliphatic heterocycles. The topological polar surface area (TPSA) is 104 Å². The van der Waals surface area contributed by atoms with Gasteiger partial charge in [0.05, 0.1) is 56.0 Å². The lowest BCUT2D eigenvalue weighted by Gasteiger charge is -2.27. The summed E-state index contributed by atoms with van der Waals surface area (Å²) in [5.74, 6) is 1.10. The second-order valence-corrected chi connectivity index (χ2v) is 10.7. The minimum Gasteiger partial charge on any atom is -0.497 e. The highest BCUT2D eigenvalue weighted by molar-refractivity contribution is 5.89. The number of nitrogens with one attached hydrogen (secondary N) is 1. The molecule has 2 heterocycles. The van der Waals surface area contributed by atoms with Crippen LogP contribution in [0.4, 0.5) is 11.4 Å². The number of hydrogen-bond donors (Lipinski definition) is 1. The van der Waals surface area contributed by atoms with Gasteiger partial charge in [0.15, 0.2) is 0 Å². The summed E-state index contributed by atoms with van der Waals surface area (Å²) in [7, 11) is 4.69. The predicted octanol–water partition coefficient (Wildman–Crippen LogP) is 5.68.